The number of hydrogen-bond acceptors (Lipinski definition) is 4. The normalized spacial score (nSPS) is 11.2. The summed E-state index contributed by atoms with van der Waals surface area (Å²) in [5.41, 5.74) is 1.45. The van der Waals surface area contributed by atoms with E-state index in [2.05, 4.69) is 4.98 Å². The number of carbonyl (C=O) groups excluding carboxylic acids is 1. The lowest BCUT2D eigenvalue weighted by atomic mass is 10.0. The quantitative estimate of drug-likeness (QED) is 0.600. The maximum absolute atomic E-state index is 13.9. The Hall–Kier alpha value is -2.60. The van der Waals surface area contributed by atoms with Crippen molar-refractivity contribution in [2.45, 2.75) is 26.4 Å². The average Bonchev–Trinajstić information content (AvgIpc) is 2.93. The number of hydrogen-bond donors (Lipinski definition) is 0. The summed E-state index contributed by atoms with van der Waals surface area (Å²) in [6.07, 6.45) is 3.33. The molecule has 2 aromatic heterocycles. The first kappa shape index (κ1) is 18.2. The van der Waals surface area contributed by atoms with Gasteiger partial charge in [-0.2, -0.15) is 0 Å². The Morgan fingerprint density at radius 1 is 1.35 bits per heavy atom. The van der Waals surface area contributed by atoms with Crippen LogP contribution in [0, 0.1) is 5.82 Å². The Bertz CT molecular complexity index is 969. The third kappa shape index (κ3) is 3.65. The van der Waals surface area contributed by atoms with E-state index in [9.17, 15) is 9.18 Å². The highest BCUT2D eigenvalue weighted by molar-refractivity contribution is 6.29. The molecule has 3 rings (SSSR count). The van der Waals surface area contributed by atoms with Crippen LogP contribution in [0.15, 0.2) is 36.7 Å². The van der Waals surface area contributed by atoms with E-state index >= 15 is 0 Å². The van der Waals surface area contributed by atoms with E-state index in [1.165, 1.54) is 19.2 Å². The van der Waals surface area contributed by atoms with Crippen LogP contribution >= 0.6 is 11.6 Å². The smallest absolute Gasteiger partial charge is 0.171 e. The van der Waals surface area contributed by atoms with Gasteiger partial charge in [-0.1, -0.05) is 17.7 Å². The van der Waals surface area contributed by atoms with Crippen molar-refractivity contribution in [3.8, 4) is 11.5 Å². The van der Waals surface area contributed by atoms with E-state index in [1.54, 1.807) is 28.9 Å². The molecule has 0 fully saturated rings. The van der Waals surface area contributed by atoms with Crippen molar-refractivity contribution in [1.82, 2.24) is 9.38 Å². The summed E-state index contributed by atoms with van der Waals surface area (Å²) in [7, 11) is 1.34. The molecule has 0 aliphatic carbocycles. The Morgan fingerprint density at radius 2 is 2.12 bits per heavy atom. The summed E-state index contributed by atoms with van der Waals surface area (Å²) in [6.45, 7) is 3.79. The predicted octanol–water partition coefficient (Wildman–Crippen LogP) is 4.35. The monoisotopic (exact) mass is 376 g/mol. The molecule has 2 heterocycles. The van der Waals surface area contributed by atoms with Gasteiger partial charge in [-0.05, 0) is 26.0 Å². The van der Waals surface area contributed by atoms with Gasteiger partial charge >= 0.3 is 0 Å². The minimum atomic E-state index is -0.575. The summed E-state index contributed by atoms with van der Waals surface area (Å²) in [6, 6.07) is 6.01. The molecule has 3 aromatic rings. The first-order valence-corrected chi connectivity index (χ1v) is 8.46. The summed E-state index contributed by atoms with van der Waals surface area (Å²) >= 11 is 5.95. The molecular formula is C19H18ClFN2O3. The number of pyridine rings is 1. The van der Waals surface area contributed by atoms with Gasteiger partial charge in [0.2, 0.25) is 0 Å². The van der Waals surface area contributed by atoms with Crippen molar-refractivity contribution in [3.63, 3.8) is 0 Å². The van der Waals surface area contributed by atoms with Gasteiger partial charge in [0.25, 0.3) is 0 Å². The minimum absolute atomic E-state index is 0.0214. The van der Waals surface area contributed by atoms with Crippen molar-refractivity contribution < 1.29 is 18.7 Å². The molecule has 5 nitrogen and oxygen atoms in total. The van der Waals surface area contributed by atoms with Crippen molar-refractivity contribution in [3.05, 3.63) is 58.8 Å². The summed E-state index contributed by atoms with van der Waals surface area (Å²) in [5.74, 6) is -0.372. The Labute approximate surface area is 155 Å². The summed E-state index contributed by atoms with van der Waals surface area (Å²) in [5, 5.41) is 0.343. The maximum Gasteiger partial charge on any atom is 0.171 e. The van der Waals surface area contributed by atoms with Gasteiger partial charge < -0.3 is 13.9 Å². The number of halogens is 2. The molecule has 7 heteroatoms. The number of nitrogens with zero attached hydrogens (tertiary/aromatic N) is 2. The zero-order valence-electron chi connectivity index (χ0n) is 14.6. The number of aromatic nitrogens is 2. The van der Waals surface area contributed by atoms with Gasteiger partial charge in [-0.15, -0.1) is 0 Å². The van der Waals surface area contributed by atoms with E-state index in [0.29, 0.717) is 22.1 Å². The molecule has 0 atom stereocenters. The number of imidazole rings is 1. The second-order valence-electron chi connectivity index (χ2n) is 6.08. The maximum atomic E-state index is 13.9. The first-order valence-electron chi connectivity index (χ1n) is 8.08. The molecule has 0 spiro atoms. The number of benzene rings is 1. The number of para-hydroxylation sites is 1. The van der Waals surface area contributed by atoms with E-state index < -0.39 is 5.82 Å². The van der Waals surface area contributed by atoms with Crippen molar-refractivity contribution in [1.29, 1.82) is 0 Å². The number of ketones is 1. The van der Waals surface area contributed by atoms with Crippen LogP contribution in [0.25, 0.3) is 5.65 Å². The summed E-state index contributed by atoms with van der Waals surface area (Å²) in [4.78, 5) is 17.0. The number of fused-ring (bicyclic) bond motifs is 1. The largest absolute Gasteiger partial charge is 0.493 e. The summed E-state index contributed by atoms with van der Waals surface area (Å²) < 4.78 is 26.5. The molecule has 136 valence electrons. The van der Waals surface area contributed by atoms with Gasteiger partial charge in [0.1, 0.15) is 16.5 Å². The van der Waals surface area contributed by atoms with Gasteiger partial charge in [0, 0.05) is 30.4 Å². The number of methoxy groups -OCH3 is 1. The average molecular weight is 377 g/mol. The molecule has 0 N–H and O–H groups in total. The van der Waals surface area contributed by atoms with Crippen LogP contribution in [-0.2, 0) is 6.42 Å². The topological polar surface area (TPSA) is 52.8 Å². The van der Waals surface area contributed by atoms with Gasteiger partial charge in [0.15, 0.2) is 17.3 Å². The Kier molecular flexibility index (Phi) is 5.13. The number of carbonyl (C=O) groups is 1. The van der Waals surface area contributed by atoms with Crippen LogP contribution < -0.4 is 9.47 Å². The van der Waals surface area contributed by atoms with Crippen LogP contribution in [0.3, 0.4) is 0 Å². The van der Waals surface area contributed by atoms with Gasteiger partial charge in [-0.25, -0.2) is 9.37 Å². The molecule has 1 aromatic carbocycles. The third-order valence-corrected chi connectivity index (χ3v) is 3.97. The van der Waals surface area contributed by atoms with Crippen LogP contribution in [0.1, 0.15) is 29.8 Å². The lowest BCUT2D eigenvalue weighted by Gasteiger charge is -2.15. The van der Waals surface area contributed by atoms with Crippen molar-refractivity contribution in [2.24, 2.45) is 0 Å². The SMILES string of the molecule is COc1c(F)cccc1C(=O)Cc1cn2cc(Cl)nc2cc1OC(C)C. The lowest BCUT2D eigenvalue weighted by molar-refractivity contribution is 0.0987. The molecule has 0 bridgehead atoms. The molecule has 0 amide bonds. The third-order valence-electron chi connectivity index (χ3n) is 3.79. The highest BCUT2D eigenvalue weighted by atomic mass is 35.5. The fraction of sp³-hybridized carbons (Fsp3) is 0.263. The van der Waals surface area contributed by atoms with Crippen LogP contribution in [0.2, 0.25) is 5.15 Å². The first-order chi connectivity index (χ1) is 12.4. The lowest BCUT2D eigenvalue weighted by Crippen LogP contribution is -2.12. The molecule has 0 aliphatic rings. The van der Waals surface area contributed by atoms with E-state index in [1.807, 2.05) is 13.8 Å². The Morgan fingerprint density at radius 3 is 2.81 bits per heavy atom. The number of rotatable bonds is 6. The molecule has 0 aliphatic heterocycles. The fourth-order valence-electron chi connectivity index (χ4n) is 2.73. The molecule has 0 unspecified atom stereocenters. The fourth-order valence-corrected chi connectivity index (χ4v) is 2.92. The highest BCUT2D eigenvalue weighted by Gasteiger charge is 2.19. The Balaban J connectivity index is 2.01. The minimum Gasteiger partial charge on any atom is -0.493 e. The number of Topliss-reactive ketones (excluding diaryl/α,β-unsaturated/α-hetero) is 1. The molecular weight excluding hydrogens is 359 g/mol. The van der Waals surface area contributed by atoms with Crippen molar-refractivity contribution >= 4 is 23.0 Å². The van der Waals surface area contributed by atoms with Gasteiger partial charge in [-0.3, -0.25) is 4.79 Å². The predicted molar refractivity (Wildman–Crippen MR) is 97.0 cm³/mol. The molecule has 0 saturated heterocycles. The molecule has 26 heavy (non-hydrogen) atoms. The van der Waals surface area contributed by atoms with Crippen molar-refractivity contribution in [2.75, 3.05) is 7.11 Å². The van der Waals surface area contributed by atoms with Crippen LogP contribution in [-0.4, -0.2) is 28.4 Å². The molecule has 0 radical (unpaired) electrons. The van der Waals surface area contributed by atoms with E-state index in [-0.39, 0.29) is 29.6 Å². The zero-order valence-corrected chi connectivity index (χ0v) is 15.4. The zero-order chi connectivity index (χ0) is 18.8. The van der Waals surface area contributed by atoms with E-state index in [0.717, 1.165) is 0 Å². The number of ether oxygens (including phenoxy) is 2. The highest BCUT2D eigenvalue weighted by Crippen LogP contribution is 2.28. The van der Waals surface area contributed by atoms with Crippen LogP contribution in [0.5, 0.6) is 11.5 Å². The standard InChI is InChI=1S/C19H18ClFN2O3/c1-11(2)26-16-8-18-22-17(20)10-23(18)9-12(16)7-15(24)13-5-4-6-14(21)19(13)25-3/h4-6,8-11H,7H2,1-3H3. The molecule has 0 saturated carbocycles. The van der Waals surface area contributed by atoms with E-state index in [4.69, 9.17) is 21.1 Å². The van der Waals surface area contributed by atoms with Gasteiger partial charge in [0.05, 0.1) is 18.8 Å². The second-order valence-corrected chi connectivity index (χ2v) is 6.47. The van der Waals surface area contributed by atoms with Crippen LogP contribution in [0.4, 0.5) is 4.39 Å². The second kappa shape index (κ2) is 7.33.